The summed E-state index contributed by atoms with van der Waals surface area (Å²) in [7, 11) is 3.50. The highest BCUT2D eigenvalue weighted by Crippen LogP contribution is 2.22. The lowest BCUT2D eigenvalue weighted by molar-refractivity contribution is -0.117. The summed E-state index contributed by atoms with van der Waals surface area (Å²) in [4.78, 5) is 14.2. The minimum Gasteiger partial charge on any atom is -0.495 e. The van der Waals surface area contributed by atoms with Crippen LogP contribution in [0.1, 0.15) is 12.5 Å². The first-order chi connectivity index (χ1) is 11.6. The van der Waals surface area contributed by atoms with Crippen LogP contribution in [0.25, 0.3) is 0 Å². The van der Waals surface area contributed by atoms with Crippen LogP contribution in [0.2, 0.25) is 0 Å². The molecule has 2 rings (SSSR count). The van der Waals surface area contributed by atoms with Gasteiger partial charge in [-0.1, -0.05) is 24.3 Å². The molecule has 0 saturated heterocycles. The van der Waals surface area contributed by atoms with Crippen molar-refractivity contribution in [3.05, 3.63) is 54.1 Å². The van der Waals surface area contributed by atoms with E-state index in [1.165, 1.54) is 0 Å². The quantitative estimate of drug-likeness (QED) is 0.809. The SMILES string of the molecule is CCOc1ccc(CN(C)CC(=O)Nc2ccccc2OC)cc1. The Hall–Kier alpha value is -2.53. The Morgan fingerprint density at radius 1 is 1.12 bits per heavy atom. The summed E-state index contributed by atoms with van der Waals surface area (Å²) >= 11 is 0. The number of anilines is 1. The molecule has 5 heteroatoms. The summed E-state index contributed by atoms with van der Waals surface area (Å²) in [5.41, 5.74) is 1.81. The molecule has 2 aromatic carbocycles. The van der Waals surface area contributed by atoms with E-state index in [2.05, 4.69) is 5.32 Å². The lowest BCUT2D eigenvalue weighted by atomic mass is 10.2. The fraction of sp³-hybridized carbons (Fsp3) is 0.316. The first-order valence-electron chi connectivity index (χ1n) is 7.95. The van der Waals surface area contributed by atoms with Gasteiger partial charge in [0, 0.05) is 6.54 Å². The van der Waals surface area contributed by atoms with Gasteiger partial charge in [-0.2, -0.15) is 0 Å². The molecule has 2 aromatic rings. The Bertz CT molecular complexity index is 656. The first-order valence-corrected chi connectivity index (χ1v) is 7.95. The number of benzene rings is 2. The molecule has 0 bridgehead atoms. The van der Waals surface area contributed by atoms with E-state index >= 15 is 0 Å². The maximum absolute atomic E-state index is 12.2. The molecule has 0 unspecified atom stereocenters. The molecule has 128 valence electrons. The van der Waals surface area contributed by atoms with Gasteiger partial charge in [-0.25, -0.2) is 0 Å². The lowest BCUT2D eigenvalue weighted by Crippen LogP contribution is -2.29. The van der Waals surface area contributed by atoms with Crippen LogP contribution in [-0.2, 0) is 11.3 Å². The Labute approximate surface area is 143 Å². The zero-order valence-electron chi connectivity index (χ0n) is 14.4. The topological polar surface area (TPSA) is 50.8 Å². The zero-order chi connectivity index (χ0) is 17.4. The van der Waals surface area contributed by atoms with Crippen molar-refractivity contribution in [2.45, 2.75) is 13.5 Å². The van der Waals surface area contributed by atoms with Crippen LogP contribution < -0.4 is 14.8 Å². The van der Waals surface area contributed by atoms with E-state index in [4.69, 9.17) is 9.47 Å². The van der Waals surface area contributed by atoms with Crippen LogP contribution in [0.3, 0.4) is 0 Å². The number of para-hydroxylation sites is 2. The number of nitrogens with zero attached hydrogens (tertiary/aromatic N) is 1. The van der Waals surface area contributed by atoms with Gasteiger partial charge in [0.1, 0.15) is 11.5 Å². The Kier molecular flexibility index (Phi) is 6.63. The number of carbonyl (C=O) groups excluding carboxylic acids is 1. The van der Waals surface area contributed by atoms with Gasteiger partial charge in [-0.3, -0.25) is 9.69 Å². The van der Waals surface area contributed by atoms with Crippen molar-refractivity contribution < 1.29 is 14.3 Å². The Morgan fingerprint density at radius 3 is 2.50 bits per heavy atom. The maximum Gasteiger partial charge on any atom is 0.238 e. The Balaban J connectivity index is 1.87. The molecule has 1 N–H and O–H groups in total. The molecule has 5 nitrogen and oxygen atoms in total. The predicted octanol–water partition coefficient (Wildman–Crippen LogP) is 3.16. The van der Waals surface area contributed by atoms with E-state index in [9.17, 15) is 4.79 Å². The molecule has 0 heterocycles. The van der Waals surface area contributed by atoms with E-state index in [0.717, 1.165) is 11.3 Å². The van der Waals surface area contributed by atoms with E-state index in [0.29, 0.717) is 31.1 Å². The monoisotopic (exact) mass is 328 g/mol. The number of amides is 1. The molecule has 0 radical (unpaired) electrons. The maximum atomic E-state index is 12.2. The summed E-state index contributed by atoms with van der Waals surface area (Å²) < 4.78 is 10.7. The van der Waals surface area contributed by atoms with Crippen LogP contribution in [-0.4, -0.2) is 38.1 Å². The minimum atomic E-state index is -0.0760. The molecule has 0 saturated carbocycles. The van der Waals surface area contributed by atoms with Crippen LogP contribution in [0.15, 0.2) is 48.5 Å². The number of nitrogens with one attached hydrogen (secondary N) is 1. The van der Waals surface area contributed by atoms with Crippen LogP contribution in [0.5, 0.6) is 11.5 Å². The summed E-state index contributed by atoms with van der Waals surface area (Å²) in [6, 6.07) is 15.3. The van der Waals surface area contributed by atoms with E-state index in [1.54, 1.807) is 7.11 Å². The van der Waals surface area contributed by atoms with E-state index in [1.807, 2.05) is 67.4 Å². The van der Waals surface area contributed by atoms with Gasteiger partial charge in [0.25, 0.3) is 0 Å². The fourth-order valence-corrected chi connectivity index (χ4v) is 2.41. The normalized spacial score (nSPS) is 10.5. The summed E-state index contributed by atoms with van der Waals surface area (Å²) in [6.45, 7) is 3.60. The molecule has 1 amide bonds. The number of ether oxygens (including phenoxy) is 2. The second-order valence-electron chi connectivity index (χ2n) is 5.50. The van der Waals surface area contributed by atoms with Gasteiger partial charge in [0.05, 0.1) is 25.9 Å². The number of rotatable bonds is 8. The number of carbonyl (C=O) groups is 1. The fourth-order valence-electron chi connectivity index (χ4n) is 2.41. The smallest absolute Gasteiger partial charge is 0.238 e. The molecular weight excluding hydrogens is 304 g/mol. The number of hydrogen-bond acceptors (Lipinski definition) is 4. The Morgan fingerprint density at radius 2 is 1.83 bits per heavy atom. The molecular formula is C19H24N2O3. The van der Waals surface area contributed by atoms with Gasteiger partial charge in [0.2, 0.25) is 5.91 Å². The van der Waals surface area contributed by atoms with Crippen LogP contribution >= 0.6 is 0 Å². The summed E-state index contributed by atoms with van der Waals surface area (Å²) in [5.74, 6) is 1.44. The molecule has 0 spiro atoms. The lowest BCUT2D eigenvalue weighted by Gasteiger charge is -2.17. The molecule has 0 aliphatic heterocycles. The third kappa shape index (κ3) is 5.28. The second kappa shape index (κ2) is 8.93. The molecule has 0 atom stereocenters. The molecule has 0 aromatic heterocycles. The number of methoxy groups -OCH3 is 1. The number of hydrogen-bond donors (Lipinski definition) is 1. The predicted molar refractivity (Wildman–Crippen MR) is 95.6 cm³/mol. The third-order valence-corrected chi connectivity index (χ3v) is 3.48. The highest BCUT2D eigenvalue weighted by molar-refractivity contribution is 5.93. The highest BCUT2D eigenvalue weighted by atomic mass is 16.5. The zero-order valence-corrected chi connectivity index (χ0v) is 14.4. The van der Waals surface area contributed by atoms with Gasteiger partial charge >= 0.3 is 0 Å². The van der Waals surface area contributed by atoms with Crippen molar-refractivity contribution in [2.24, 2.45) is 0 Å². The van der Waals surface area contributed by atoms with Crippen molar-refractivity contribution in [3.63, 3.8) is 0 Å². The van der Waals surface area contributed by atoms with Crippen molar-refractivity contribution in [2.75, 3.05) is 32.6 Å². The first kappa shape index (κ1) is 17.8. The standard InChI is InChI=1S/C19H24N2O3/c1-4-24-16-11-9-15(10-12-16)13-21(2)14-19(22)20-17-7-5-6-8-18(17)23-3/h5-12H,4,13-14H2,1-3H3,(H,20,22). The highest BCUT2D eigenvalue weighted by Gasteiger charge is 2.10. The van der Waals surface area contributed by atoms with Gasteiger partial charge in [-0.05, 0) is 43.8 Å². The van der Waals surface area contributed by atoms with Gasteiger partial charge in [0.15, 0.2) is 0 Å². The average Bonchev–Trinajstić information content (AvgIpc) is 2.57. The molecule has 0 aliphatic carbocycles. The van der Waals surface area contributed by atoms with Crippen molar-refractivity contribution in [1.29, 1.82) is 0 Å². The average molecular weight is 328 g/mol. The van der Waals surface area contributed by atoms with E-state index < -0.39 is 0 Å². The molecule has 24 heavy (non-hydrogen) atoms. The molecule has 0 fully saturated rings. The van der Waals surface area contributed by atoms with E-state index in [-0.39, 0.29) is 5.91 Å². The van der Waals surface area contributed by atoms with Crippen molar-refractivity contribution in [3.8, 4) is 11.5 Å². The third-order valence-electron chi connectivity index (χ3n) is 3.48. The van der Waals surface area contributed by atoms with Crippen LogP contribution in [0.4, 0.5) is 5.69 Å². The summed E-state index contributed by atoms with van der Waals surface area (Å²) in [5, 5.41) is 2.88. The van der Waals surface area contributed by atoms with Crippen LogP contribution in [0, 0.1) is 0 Å². The van der Waals surface area contributed by atoms with Gasteiger partial charge < -0.3 is 14.8 Å². The molecule has 0 aliphatic rings. The second-order valence-corrected chi connectivity index (χ2v) is 5.50. The number of likely N-dealkylation sites (N-methyl/N-ethyl adjacent to an activating group) is 1. The van der Waals surface area contributed by atoms with Crippen molar-refractivity contribution in [1.82, 2.24) is 4.90 Å². The van der Waals surface area contributed by atoms with Gasteiger partial charge in [-0.15, -0.1) is 0 Å². The van der Waals surface area contributed by atoms with Crippen molar-refractivity contribution >= 4 is 11.6 Å². The minimum absolute atomic E-state index is 0.0760. The largest absolute Gasteiger partial charge is 0.495 e. The summed E-state index contributed by atoms with van der Waals surface area (Å²) in [6.07, 6.45) is 0.